The van der Waals surface area contributed by atoms with Crippen LogP contribution in [0.15, 0.2) is 18.5 Å². The lowest BCUT2D eigenvalue weighted by molar-refractivity contribution is -0.132. The number of nitrogens with zero attached hydrogens (tertiary/aromatic N) is 2. The highest BCUT2D eigenvalue weighted by atomic mass is 16.2. The van der Waals surface area contributed by atoms with E-state index < -0.39 is 0 Å². The van der Waals surface area contributed by atoms with Crippen molar-refractivity contribution in [2.45, 2.75) is 32.2 Å². The number of carbonyl (C=O) groups is 2. The zero-order valence-corrected chi connectivity index (χ0v) is 12.6. The van der Waals surface area contributed by atoms with Crippen LogP contribution in [-0.2, 0) is 4.79 Å². The Bertz CT molecular complexity index is 518. The number of likely N-dealkylation sites (N-methyl/N-ethyl adjacent to an activating group) is 1. The number of piperidine rings is 1. The number of pyridine rings is 1. The van der Waals surface area contributed by atoms with Gasteiger partial charge in [-0.25, -0.2) is 0 Å². The van der Waals surface area contributed by atoms with Gasteiger partial charge in [-0.05, 0) is 18.9 Å². The van der Waals surface area contributed by atoms with E-state index in [-0.39, 0.29) is 17.9 Å². The van der Waals surface area contributed by atoms with Crippen molar-refractivity contribution in [1.82, 2.24) is 15.2 Å². The zero-order valence-electron chi connectivity index (χ0n) is 12.6. The van der Waals surface area contributed by atoms with Gasteiger partial charge >= 0.3 is 0 Å². The highest BCUT2D eigenvalue weighted by Gasteiger charge is 2.24. The standard InChI is InChI=1S/C15H22N4O2/c1-3-7-17-13-9-16-8-6-12(13)15(21)18-11-4-5-14(20)19(2)10-11/h6,8-9,11,17H,3-5,7,10H2,1-2H3,(H,18,21). The average molecular weight is 290 g/mol. The minimum atomic E-state index is -0.122. The van der Waals surface area contributed by atoms with E-state index in [2.05, 4.69) is 22.5 Å². The van der Waals surface area contributed by atoms with E-state index in [1.807, 2.05) is 0 Å². The van der Waals surface area contributed by atoms with Crippen molar-refractivity contribution < 1.29 is 9.59 Å². The van der Waals surface area contributed by atoms with E-state index in [0.717, 1.165) is 18.7 Å². The van der Waals surface area contributed by atoms with E-state index in [0.29, 0.717) is 24.9 Å². The molecule has 1 aromatic rings. The summed E-state index contributed by atoms with van der Waals surface area (Å²) < 4.78 is 0. The van der Waals surface area contributed by atoms with Gasteiger partial charge in [-0.3, -0.25) is 14.6 Å². The molecule has 2 heterocycles. The number of nitrogens with one attached hydrogen (secondary N) is 2. The number of aromatic nitrogens is 1. The van der Waals surface area contributed by atoms with E-state index in [1.54, 1.807) is 30.4 Å². The summed E-state index contributed by atoms with van der Waals surface area (Å²) in [6.07, 6.45) is 5.44. The van der Waals surface area contributed by atoms with Crippen molar-refractivity contribution in [2.24, 2.45) is 0 Å². The van der Waals surface area contributed by atoms with Gasteiger partial charge in [-0.2, -0.15) is 0 Å². The lowest BCUT2D eigenvalue weighted by Gasteiger charge is -2.30. The second kappa shape index (κ2) is 7.06. The highest BCUT2D eigenvalue weighted by Crippen LogP contribution is 2.15. The lowest BCUT2D eigenvalue weighted by atomic mass is 10.0. The Morgan fingerprint density at radius 1 is 1.52 bits per heavy atom. The number of hydrogen-bond acceptors (Lipinski definition) is 4. The topological polar surface area (TPSA) is 74.3 Å². The summed E-state index contributed by atoms with van der Waals surface area (Å²) >= 11 is 0. The maximum atomic E-state index is 12.4. The van der Waals surface area contributed by atoms with Crippen LogP contribution in [0.4, 0.5) is 5.69 Å². The van der Waals surface area contributed by atoms with Crippen molar-refractivity contribution in [3.05, 3.63) is 24.0 Å². The molecule has 21 heavy (non-hydrogen) atoms. The first-order chi connectivity index (χ1) is 10.1. The second-order valence-corrected chi connectivity index (χ2v) is 5.33. The third-order valence-corrected chi connectivity index (χ3v) is 3.59. The van der Waals surface area contributed by atoms with Crippen molar-refractivity contribution >= 4 is 17.5 Å². The molecule has 0 aliphatic carbocycles. The smallest absolute Gasteiger partial charge is 0.253 e. The normalized spacial score (nSPS) is 18.5. The van der Waals surface area contributed by atoms with Crippen LogP contribution in [0.25, 0.3) is 0 Å². The Hall–Kier alpha value is -2.11. The molecule has 1 fully saturated rings. The van der Waals surface area contributed by atoms with Crippen molar-refractivity contribution in [3.8, 4) is 0 Å². The Morgan fingerprint density at radius 2 is 2.33 bits per heavy atom. The summed E-state index contributed by atoms with van der Waals surface area (Å²) in [5, 5.41) is 6.21. The van der Waals surface area contributed by atoms with Crippen LogP contribution < -0.4 is 10.6 Å². The molecule has 114 valence electrons. The monoisotopic (exact) mass is 290 g/mol. The molecule has 1 aromatic heterocycles. The van der Waals surface area contributed by atoms with Gasteiger partial charge in [0.05, 0.1) is 17.4 Å². The van der Waals surface area contributed by atoms with E-state index in [1.165, 1.54) is 0 Å². The zero-order chi connectivity index (χ0) is 15.2. The molecule has 6 heteroatoms. The molecule has 0 spiro atoms. The molecule has 1 aliphatic heterocycles. The molecular weight excluding hydrogens is 268 g/mol. The fraction of sp³-hybridized carbons (Fsp3) is 0.533. The van der Waals surface area contributed by atoms with Crippen LogP contribution >= 0.6 is 0 Å². The molecule has 1 aliphatic rings. The van der Waals surface area contributed by atoms with Gasteiger partial charge < -0.3 is 15.5 Å². The number of likely N-dealkylation sites (tertiary alicyclic amines) is 1. The van der Waals surface area contributed by atoms with Gasteiger partial charge in [-0.15, -0.1) is 0 Å². The first kappa shape index (κ1) is 15.3. The summed E-state index contributed by atoms with van der Waals surface area (Å²) in [6, 6.07) is 1.72. The van der Waals surface area contributed by atoms with Crippen LogP contribution in [0.2, 0.25) is 0 Å². The first-order valence-corrected chi connectivity index (χ1v) is 7.34. The van der Waals surface area contributed by atoms with Crippen LogP contribution in [0.3, 0.4) is 0 Å². The molecule has 0 aromatic carbocycles. The van der Waals surface area contributed by atoms with Gasteiger partial charge in [0.1, 0.15) is 0 Å². The number of anilines is 1. The molecule has 0 saturated carbocycles. The minimum Gasteiger partial charge on any atom is -0.383 e. The largest absolute Gasteiger partial charge is 0.383 e. The molecule has 2 rings (SSSR count). The van der Waals surface area contributed by atoms with E-state index in [9.17, 15) is 9.59 Å². The SMILES string of the molecule is CCCNc1cnccc1C(=O)NC1CCC(=O)N(C)C1. The number of rotatable bonds is 5. The molecular formula is C15H22N4O2. The van der Waals surface area contributed by atoms with Gasteiger partial charge in [-0.1, -0.05) is 6.92 Å². The first-order valence-electron chi connectivity index (χ1n) is 7.34. The van der Waals surface area contributed by atoms with Crippen molar-refractivity contribution in [3.63, 3.8) is 0 Å². The molecule has 6 nitrogen and oxygen atoms in total. The fourth-order valence-electron chi connectivity index (χ4n) is 2.39. The molecule has 0 bridgehead atoms. The molecule has 0 radical (unpaired) electrons. The predicted molar refractivity (Wildman–Crippen MR) is 81.1 cm³/mol. The maximum absolute atomic E-state index is 12.4. The quantitative estimate of drug-likeness (QED) is 0.856. The molecule has 1 saturated heterocycles. The summed E-state index contributed by atoms with van der Waals surface area (Å²) in [6.45, 7) is 3.43. The van der Waals surface area contributed by atoms with Gasteiger partial charge in [0.15, 0.2) is 0 Å². The van der Waals surface area contributed by atoms with E-state index in [4.69, 9.17) is 0 Å². The number of hydrogen-bond donors (Lipinski definition) is 2. The van der Waals surface area contributed by atoms with Crippen LogP contribution in [0.5, 0.6) is 0 Å². The lowest BCUT2D eigenvalue weighted by Crippen LogP contribution is -2.48. The Kier molecular flexibility index (Phi) is 5.14. The Morgan fingerprint density at radius 3 is 3.05 bits per heavy atom. The minimum absolute atomic E-state index is 0.00684. The highest BCUT2D eigenvalue weighted by molar-refractivity contribution is 5.99. The third kappa shape index (κ3) is 3.93. The molecule has 1 atom stereocenters. The summed E-state index contributed by atoms with van der Waals surface area (Å²) in [7, 11) is 1.77. The summed E-state index contributed by atoms with van der Waals surface area (Å²) in [4.78, 5) is 29.6. The summed E-state index contributed by atoms with van der Waals surface area (Å²) in [5.74, 6) is 0.0125. The van der Waals surface area contributed by atoms with Crippen LogP contribution in [0.1, 0.15) is 36.5 Å². The second-order valence-electron chi connectivity index (χ2n) is 5.33. The number of amides is 2. The van der Waals surface area contributed by atoms with Gasteiger partial charge in [0.2, 0.25) is 5.91 Å². The van der Waals surface area contributed by atoms with E-state index >= 15 is 0 Å². The molecule has 1 unspecified atom stereocenters. The fourth-order valence-corrected chi connectivity index (χ4v) is 2.39. The van der Waals surface area contributed by atoms with Gasteiger partial charge in [0, 0.05) is 38.8 Å². The molecule has 2 amide bonds. The maximum Gasteiger partial charge on any atom is 0.253 e. The summed E-state index contributed by atoms with van der Waals surface area (Å²) in [5.41, 5.74) is 1.34. The third-order valence-electron chi connectivity index (χ3n) is 3.59. The molecule has 2 N–H and O–H groups in total. The van der Waals surface area contributed by atoms with Crippen LogP contribution in [-0.4, -0.2) is 47.9 Å². The Labute approximate surface area is 124 Å². The van der Waals surface area contributed by atoms with Crippen LogP contribution in [0, 0.1) is 0 Å². The van der Waals surface area contributed by atoms with Crippen molar-refractivity contribution in [2.75, 3.05) is 25.5 Å². The average Bonchev–Trinajstić information content (AvgIpc) is 2.49. The van der Waals surface area contributed by atoms with Gasteiger partial charge in [0.25, 0.3) is 5.91 Å². The van der Waals surface area contributed by atoms with Crippen molar-refractivity contribution in [1.29, 1.82) is 0 Å². The predicted octanol–water partition coefficient (Wildman–Crippen LogP) is 1.25. The number of carbonyl (C=O) groups excluding carboxylic acids is 2. The Balaban J connectivity index is 2.01.